The van der Waals surface area contributed by atoms with Crippen molar-refractivity contribution in [2.24, 2.45) is 11.8 Å². The Balaban J connectivity index is 1.34. The van der Waals surface area contributed by atoms with E-state index in [4.69, 9.17) is 9.47 Å². The van der Waals surface area contributed by atoms with E-state index in [1.54, 1.807) is 0 Å². The SMILES string of the molecule is CC1CN(C2CCN(c3cccc(-c4ccc5c(c4)OCCO5)c3C#N)CC2)CC1CO. The Morgan fingerprint density at radius 1 is 1.06 bits per heavy atom. The molecule has 3 aliphatic heterocycles. The number of hydrogen-bond acceptors (Lipinski definition) is 6. The smallest absolute Gasteiger partial charge is 0.161 e. The summed E-state index contributed by atoms with van der Waals surface area (Å²) in [5.74, 6) is 2.47. The molecule has 3 aliphatic rings. The van der Waals surface area contributed by atoms with Crippen LogP contribution in [0.3, 0.4) is 0 Å². The van der Waals surface area contributed by atoms with Crippen LogP contribution in [0.15, 0.2) is 36.4 Å². The molecular formula is C26H31N3O3. The zero-order valence-corrected chi connectivity index (χ0v) is 18.7. The van der Waals surface area contributed by atoms with Gasteiger partial charge in [0.15, 0.2) is 11.5 Å². The van der Waals surface area contributed by atoms with Gasteiger partial charge in [0.05, 0.1) is 11.3 Å². The molecule has 0 bridgehead atoms. The molecule has 0 radical (unpaired) electrons. The van der Waals surface area contributed by atoms with E-state index < -0.39 is 0 Å². The average Bonchev–Trinajstić information content (AvgIpc) is 3.24. The second-order valence-corrected chi connectivity index (χ2v) is 9.26. The minimum Gasteiger partial charge on any atom is -0.486 e. The van der Waals surface area contributed by atoms with Crippen LogP contribution < -0.4 is 14.4 Å². The second-order valence-electron chi connectivity index (χ2n) is 9.26. The van der Waals surface area contributed by atoms with Crippen LogP contribution >= 0.6 is 0 Å². The maximum absolute atomic E-state index is 10.1. The van der Waals surface area contributed by atoms with Crippen molar-refractivity contribution >= 4 is 5.69 Å². The molecule has 2 atom stereocenters. The predicted octanol–water partition coefficient (Wildman–Crippen LogP) is 3.53. The minimum atomic E-state index is 0.286. The van der Waals surface area contributed by atoms with Crippen LogP contribution in [0.25, 0.3) is 11.1 Å². The van der Waals surface area contributed by atoms with Crippen molar-refractivity contribution in [2.45, 2.75) is 25.8 Å². The van der Waals surface area contributed by atoms with Gasteiger partial charge < -0.3 is 19.5 Å². The van der Waals surface area contributed by atoms with Crippen LogP contribution in [0.4, 0.5) is 5.69 Å². The van der Waals surface area contributed by atoms with Gasteiger partial charge in [-0.25, -0.2) is 0 Å². The molecule has 0 saturated carbocycles. The molecule has 6 heteroatoms. The summed E-state index contributed by atoms with van der Waals surface area (Å²) in [5, 5.41) is 19.7. The van der Waals surface area contributed by atoms with Crippen molar-refractivity contribution in [3.63, 3.8) is 0 Å². The highest BCUT2D eigenvalue weighted by atomic mass is 16.6. The van der Waals surface area contributed by atoms with E-state index in [0.29, 0.717) is 31.1 Å². The number of nitrogens with zero attached hydrogens (tertiary/aromatic N) is 3. The number of hydrogen-bond donors (Lipinski definition) is 1. The first kappa shape index (κ1) is 21.1. The average molecular weight is 434 g/mol. The molecule has 2 aromatic carbocycles. The lowest BCUT2D eigenvalue weighted by molar-refractivity contribution is 0.171. The monoisotopic (exact) mass is 433 g/mol. The van der Waals surface area contributed by atoms with E-state index in [9.17, 15) is 10.4 Å². The van der Waals surface area contributed by atoms with Crippen LogP contribution in [0.5, 0.6) is 11.5 Å². The van der Waals surface area contributed by atoms with Gasteiger partial charge in [0, 0.05) is 44.4 Å². The van der Waals surface area contributed by atoms with Crippen molar-refractivity contribution in [3.05, 3.63) is 42.0 Å². The van der Waals surface area contributed by atoms with Crippen LogP contribution in [-0.4, -0.2) is 62.0 Å². The molecule has 2 fully saturated rings. The van der Waals surface area contributed by atoms with E-state index in [1.165, 1.54) is 0 Å². The van der Waals surface area contributed by atoms with Crippen molar-refractivity contribution in [3.8, 4) is 28.7 Å². The topological polar surface area (TPSA) is 69.0 Å². The fraction of sp³-hybridized carbons (Fsp3) is 0.500. The van der Waals surface area contributed by atoms with Crippen molar-refractivity contribution in [1.82, 2.24) is 4.90 Å². The Kier molecular flexibility index (Phi) is 5.95. The lowest BCUT2D eigenvalue weighted by Gasteiger charge is -2.38. The number of nitriles is 1. The molecule has 168 valence electrons. The molecular weight excluding hydrogens is 402 g/mol. The van der Waals surface area contributed by atoms with Crippen LogP contribution in [0.1, 0.15) is 25.3 Å². The first-order valence-electron chi connectivity index (χ1n) is 11.7. The summed E-state index contributed by atoms with van der Waals surface area (Å²) in [7, 11) is 0. The predicted molar refractivity (Wildman–Crippen MR) is 124 cm³/mol. The van der Waals surface area contributed by atoms with Gasteiger partial charge in [-0.05, 0) is 48.4 Å². The highest BCUT2D eigenvalue weighted by molar-refractivity contribution is 5.79. The number of rotatable bonds is 4. The van der Waals surface area contributed by atoms with Crippen molar-refractivity contribution in [2.75, 3.05) is 50.9 Å². The number of benzene rings is 2. The van der Waals surface area contributed by atoms with E-state index in [1.807, 2.05) is 30.3 Å². The first-order valence-corrected chi connectivity index (χ1v) is 11.7. The molecule has 1 N–H and O–H groups in total. The summed E-state index contributed by atoms with van der Waals surface area (Å²) in [5.41, 5.74) is 3.64. The summed E-state index contributed by atoms with van der Waals surface area (Å²) in [6.45, 7) is 7.62. The Hall–Kier alpha value is -2.75. The summed E-state index contributed by atoms with van der Waals surface area (Å²) in [4.78, 5) is 4.93. The van der Waals surface area contributed by atoms with Crippen molar-refractivity contribution in [1.29, 1.82) is 5.26 Å². The van der Waals surface area contributed by atoms with E-state index in [0.717, 1.165) is 72.9 Å². The second kappa shape index (κ2) is 9.01. The third-order valence-electron chi connectivity index (χ3n) is 7.36. The van der Waals surface area contributed by atoms with Crippen LogP contribution in [0, 0.1) is 23.2 Å². The van der Waals surface area contributed by atoms with Gasteiger partial charge in [-0.3, -0.25) is 4.90 Å². The zero-order chi connectivity index (χ0) is 22.1. The van der Waals surface area contributed by atoms with Gasteiger partial charge in [-0.15, -0.1) is 0 Å². The number of anilines is 1. The third-order valence-corrected chi connectivity index (χ3v) is 7.36. The molecule has 2 saturated heterocycles. The number of fused-ring (bicyclic) bond motifs is 1. The van der Waals surface area contributed by atoms with Gasteiger partial charge in [0.25, 0.3) is 0 Å². The van der Waals surface area contributed by atoms with E-state index >= 15 is 0 Å². The lowest BCUT2D eigenvalue weighted by Crippen LogP contribution is -2.44. The minimum absolute atomic E-state index is 0.286. The third kappa shape index (κ3) is 3.92. The molecule has 0 aliphatic carbocycles. The summed E-state index contributed by atoms with van der Waals surface area (Å²) >= 11 is 0. The number of aliphatic hydroxyl groups excluding tert-OH is 1. The van der Waals surface area contributed by atoms with Gasteiger partial charge in [0.2, 0.25) is 0 Å². The number of ether oxygens (including phenoxy) is 2. The van der Waals surface area contributed by atoms with Crippen LogP contribution in [-0.2, 0) is 0 Å². The van der Waals surface area contributed by atoms with Gasteiger partial charge in [0.1, 0.15) is 19.3 Å². The largest absolute Gasteiger partial charge is 0.486 e. The van der Waals surface area contributed by atoms with Crippen LogP contribution in [0.2, 0.25) is 0 Å². The standard InChI is InChI=1S/C26H31N3O3/c1-18-15-29(16-20(18)17-30)21-7-9-28(10-8-21)24-4-2-3-22(23(24)14-27)19-5-6-25-26(13-19)32-12-11-31-25/h2-6,13,18,20-21,30H,7-12,15-17H2,1H3. The van der Waals surface area contributed by atoms with Crippen molar-refractivity contribution < 1.29 is 14.6 Å². The molecule has 0 spiro atoms. The molecule has 0 aromatic heterocycles. The first-order chi connectivity index (χ1) is 15.7. The molecule has 0 amide bonds. The van der Waals surface area contributed by atoms with Gasteiger partial charge in [-0.2, -0.15) is 5.26 Å². The fourth-order valence-electron chi connectivity index (χ4n) is 5.46. The highest BCUT2D eigenvalue weighted by Gasteiger charge is 2.35. The molecule has 3 heterocycles. The summed E-state index contributed by atoms with van der Waals surface area (Å²) < 4.78 is 11.4. The Bertz CT molecular complexity index is 1010. The molecule has 6 nitrogen and oxygen atoms in total. The fourth-order valence-corrected chi connectivity index (χ4v) is 5.46. The molecule has 32 heavy (non-hydrogen) atoms. The maximum atomic E-state index is 10.1. The quantitative estimate of drug-likeness (QED) is 0.796. The van der Waals surface area contributed by atoms with E-state index in [-0.39, 0.29) is 6.61 Å². The molecule has 2 unspecified atom stereocenters. The number of piperidine rings is 1. The maximum Gasteiger partial charge on any atom is 0.161 e. The number of likely N-dealkylation sites (tertiary alicyclic amines) is 1. The Morgan fingerprint density at radius 2 is 1.84 bits per heavy atom. The van der Waals surface area contributed by atoms with E-state index in [2.05, 4.69) is 28.9 Å². The molecule has 2 aromatic rings. The Morgan fingerprint density at radius 3 is 2.56 bits per heavy atom. The summed E-state index contributed by atoms with van der Waals surface area (Å²) in [6.07, 6.45) is 2.17. The number of aliphatic hydroxyl groups is 1. The van der Waals surface area contributed by atoms with Gasteiger partial charge >= 0.3 is 0 Å². The summed E-state index contributed by atoms with van der Waals surface area (Å²) in [6, 6.07) is 15.1. The van der Waals surface area contributed by atoms with Gasteiger partial charge in [-0.1, -0.05) is 25.1 Å². The normalized spacial score (nSPS) is 23.8. The Labute approximate surface area is 190 Å². The lowest BCUT2D eigenvalue weighted by atomic mass is 9.96. The molecule has 5 rings (SSSR count). The highest BCUT2D eigenvalue weighted by Crippen LogP contribution is 2.38. The zero-order valence-electron chi connectivity index (χ0n) is 18.7.